The van der Waals surface area contributed by atoms with E-state index in [9.17, 15) is 19.4 Å². The smallest absolute Gasteiger partial charge is 0.268 e. The molecule has 0 aromatic heterocycles. The summed E-state index contributed by atoms with van der Waals surface area (Å²) in [4.78, 5) is 25.4. The second-order valence-electron chi connectivity index (χ2n) is 18.5. The van der Waals surface area contributed by atoms with Gasteiger partial charge in [-0.15, -0.1) is 0 Å². The summed E-state index contributed by atoms with van der Waals surface area (Å²) in [5.41, 5.74) is 0. The molecule has 8 nitrogen and oxygen atoms in total. The van der Waals surface area contributed by atoms with E-state index < -0.39 is 20.0 Å². The van der Waals surface area contributed by atoms with Crippen LogP contribution in [0.25, 0.3) is 0 Å². The molecule has 362 valence electrons. The lowest BCUT2D eigenvalue weighted by molar-refractivity contribution is -0.870. The number of carbonyl (C=O) groups is 1. The number of nitrogens with one attached hydrogen (secondary N) is 1. The summed E-state index contributed by atoms with van der Waals surface area (Å²) in [5.74, 6) is -0.221. The molecule has 2 N–H and O–H groups in total. The van der Waals surface area contributed by atoms with Gasteiger partial charge < -0.3 is 28.8 Å². The topological polar surface area (TPSA) is 108 Å². The van der Waals surface area contributed by atoms with Crippen molar-refractivity contribution in [1.82, 2.24) is 5.32 Å². The first-order chi connectivity index (χ1) is 30.0. The summed E-state index contributed by atoms with van der Waals surface area (Å²) in [6, 6.07) is -0.833. The fraction of sp³-hybridized carbons (Fsp3) is 0.792. The molecule has 0 fully saturated rings. The Morgan fingerprint density at radius 2 is 0.968 bits per heavy atom. The summed E-state index contributed by atoms with van der Waals surface area (Å²) >= 11 is 0. The Labute approximate surface area is 383 Å². The minimum absolute atomic E-state index is 0.000828. The highest BCUT2D eigenvalue weighted by Gasteiger charge is 2.24. The van der Waals surface area contributed by atoms with Crippen LogP contribution in [0.1, 0.15) is 219 Å². The van der Waals surface area contributed by atoms with Crippen LogP contribution in [0.5, 0.6) is 0 Å². The first-order valence-corrected chi connectivity index (χ1v) is 27.1. The average molecular weight is 891 g/mol. The lowest BCUT2D eigenvalue weighted by atomic mass is 10.0. The first kappa shape index (κ1) is 60.2. The van der Waals surface area contributed by atoms with Gasteiger partial charge in [0.2, 0.25) is 5.91 Å². The normalized spacial score (nSPS) is 14.6. The molecule has 0 spiro atoms. The van der Waals surface area contributed by atoms with Crippen LogP contribution >= 0.6 is 7.82 Å². The fourth-order valence-electron chi connectivity index (χ4n) is 7.25. The maximum atomic E-state index is 12.9. The molecule has 1 amide bonds. The van der Waals surface area contributed by atoms with E-state index in [1.807, 2.05) is 21.1 Å². The van der Waals surface area contributed by atoms with Gasteiger partial charge in [0.15, 0.2) is 0 Å². The second-order valence-corrected chi connectivity index (χ2v) is 19.9. The van der Waals surface area contributed by atoms with Gasteiger partial charge in [-0.05, 0) is 51.4 Å². The zero-order chi connectivity index (χ0) is 45.7. The van der Waals surface area contributed by atoms with Crippen molar-refractivity contribution in [3.8, 4) is 0 Å². The van der Waals surface area contributed by atoms with Crippen molar-refractivity contribution in [2.24, 2.45) is 0 Å². The Morgan fingerprint density at radius 1 is 0.581 bits per heavy atom. The van der Waals surface area contributed by atoms with E-state index in [2.05, 4.69) is 79.9 Å². The van der Waals surface area contributed by atoms with Crippen LogP contribution in [0, 0.1) is 0 Å². The SMILES string of the molecule is CC/C=C\C/C=C\C/C=C\C/C=C\C/C=C\CCCC(=O)NC(COP(=O)([O-])OCC[N+](C)(C)C)C(O)CCCCCCCCCCCCCCCCCCCCCCCCC. The molecule has 3 unspecified atom stereocenters. The number of aliphatic hydroxyl groups is 1. The van der Waals surface area contributed by atoms with Gasteiger partial charge in [0, 0.05) is 6.42 Å². The van der Waals surface area contributed by atoms with E-state index in [4.69, 9.17) is 9.05 Å². The number of unbranched alkanes of at least 4 members (excludes halogenated alkanes) is 23. The molecule has 0 saturated carbocycles. The predicted octanol–water partition coefficient (Wildman–Crippen LogP) is 14.3. The van der Waals surface area contributed by atoms with Gasteiger partial charge in [0.1, 0.15) is 13.2 Å². The molecule has 0 aliphatic heterocycles. The highest BCUT2D eigenvalue weighted by Crippen LogP contribution is 2.38. The van der Waals surface area contributed by atoms with Crippen LogP contribution < -0.4 is 10.2 Å². The standard InChI is InChI=1S/C53H99N2O6P/c1-6-8-10-12-14-16-18-20-22-24-25-26-27-28-29-31-32-34-36-38-40-42-44-46-52(56)51(50-61-62(58,59)60-49-48-55(3,4)5)54-53(57)47-45-43-41-39-37-35-33-30-23-21-19-17-15-13-11-9-7-2/h9,11,15,17,21,23,33,35,39,41,51-52,56H,6-8,10,12-14,16,18-20,22,24-32,34,36-38,40,42-50H2,1-5H3,(H-,54,57,58,59)/b11-9-,17-15-,23-21-,35-33-,41-39-. The van der Waals surface area contributed by atoms with Crippen LogP contribution in [-0.2, 0) is 18.4 Å². The van der Waals surface area contributed by atoms with E-state index in [1.54, 1.807) is 0 Å². The van der Waals surface area contributed by atoms with Crippen LogP contribution in [0.2, 0.25) is 0 Å². The summed E-state index contributed by atoms with van der Waals surface area (Å²) in [6.45, 7) is 4.57. The lowest BCUT2D eigenvalue weighted by Gasteiger charge is -2.30. The Kier molecular flexibility index (Phi) is 43.1. The molecule has 0 aromatic carbocycles. The largest absolute Gasteiger partial charge is 0.756 e. The number of allylic oxidation sites excluding steroid dienone is 10. The lowest BCUT2D eigenvalue weighted by Crippen LogP contribution is -2.46. The molecule has 9 heteroatoms. The third-order valence-electron chi connectivity index (χ3n) is 11.3. The number of quaternary nitrogens is 1. The fourth-order valence-corrected chi connectivity index (χ4v) is 7.98. The van der Waals surface area contributed by atoms with Crippen molar-refractivity contribution in [1.29, 1.82) is 0 Å². The summed E-state index contributed by atoms with van der Waals surface area (Å²) in [5, 5.41) is 13.9. The predicted molar refractivity (Wildman–Crippen MR) is 265 cm³/mol. The maximum Gasteiger partial charge on any atom is 0.268 e. The molecule has 0 rings (SSSR count). The van der Waals surface area contributed by atoms with E-state index >= 15 is 0 Å². The zero-order valence-electron chi connectivity index (χ0n) is 41.1. The molecular weight excluding hydrogens is 792 g/mol. The molecule has 0 aliphatic rings. The molecule has 3 atom stereocenters. The monoisotopic (exact) mass is 891 g/mol. The van der Waals surface area contributed by atoms with Crippen LogP contribution in [0.15, 0.2) is 60.8 Å². The van der Waals surface area contributed by atoms with Crippen molar-refractivity contribution in [2.75, 3.05) is 40.9 Å². The number of likely N-dealkylation sites (N-methyl/N-ethyl adjacent to an activating group) is 1. The Balaban J connectivity index is 4.31. The minimum atomic E-state index is -4.59. The third kappa shape index (κ3) is 46.2. The number of aliphatic hydroxyl groups excluding tert-OH is 1. The summed E-state index contributed by atoms with van der Waals surface area (Å²) < 4.78 is 23.3. The van der Waals surface area contributed by atoms with Crippen molar-refractivity contribution in [2.45, 2.75) is 231 Å². The van der Waals surface area contributed by atoms with Gasteiger partial charge in [0.25, 0.3) is 7.82 Å². The molecule has 0 radical (unpaired) electrons. The van der Waals surface area contributed by atoms with Crippen molar-refractivity contribution < 1.29 is 32.9 Å². The van der Waals surface area contributed by atoms with Crippen LogP contribution in [-0.4, -0.2) is 68.5 Å². The van der Waals surface area contributed by atoms with Gasteiger partial charge >= 0.3 is 0 Å². The quantitative estimate of drug-likeness (QED) is 0.0273. The van der Waals surface area contributed by atoms with Gasteiger partial charge in [0.05, 0.1) is 39.9 Å². The summed E-state index contributed by atoms with van der Waals surface area (Å²) in [6.07, 6.45) is 58.2. The minimum Gasteiger partial charge on any atom is -0.756 e. The van der Waals surface area contributed by atoms with Crippen molar-refractivity contribution in [3.63, 3.8) is 0 Å². The number of rotatable bonds is 46. The molecule has 0 saturated heterocycles. The Hall–Kier alpha value is -1.80. The number of nitrogens with zero attached hydrogens (tertiary/aromatic N) is 1. The molecule has 0 bridgehead atoms. The first-order valence-electron chi connectivity index (χ1n) is 25.6. The second kappa shape index (κ2) is 44.4. The third-order valence-corrected chi connectivity index (χ3v) is 12.2. The van der Waals surface area contributed by atoms with E-state index in [1.165, 1.54) is 128 Å². The maximum absolute atomic E-state index is 12.9. The van der Waals surface area contributed by atoms with Crippen molar-refractivity contribution >= 4 is 13.7 Å². The average Bonchev–Trinajstić information content (AvgIpc) is 3.23. The van der Waals surface area contributed by atoms with Crippen LogP contribution in [0.3, 0.4) is 0 Å². The number of carbonyl (C=O) groups excluding carboxylic acids is 1. The molecule has 0 aromatic rings. The number of hydrogen-bond acceptors (Lipinski definition) is 6. The van der Waals surface area contributed by atoms with E-state index in [0.717, 1.165) is 57.8 Å². The molecule has 0 aliphatic carbocycles. The van der Waals surface area contributed by atoms with Gasteiger partial charge in [-0.3, -0.25) is 9.36 Å². The van der Waals surface area contributed by atoms with Crippen molar-refractivity contribution in [3.05, 3.63) is 60.8 Å². The number of hydrogen-bond donors (Lipinski definition) is 2. The Bertz CT molecular complexity index is 1190. The molecule has 62 heavy (non-hydrogen) atoms. The number of phosphoric acid groups is 1. The van der Waals surface area contributed by atoms with E-state index in [-0.39, 0.29) is 25.5 Å². The summed E-state index contributed by atoms with van der Waals surface area (Å²) in [7, 11) is 1.26. The van der Waals surface area contributed by atoms with Gasteiger partial charge in [-0.25, -0.2) is 0 Å². The molecular formula is C53H99N2O6P. The van der Waals surface area contributed by atoms with E-state index in [0.29, 0.717) is 23.9 Å². The van der Waals surface area contributed by atoms with Gasteiger partial charge in [-0.1, -0.05) is 222 Å². The highest BCUT2D eigenvalue weighted by atomic mass is 31.2. The zero-order valence-corrected chi connectivity index (χ0v) is 42.0. The number of amides is 1. The Morgan fingerprint density at radius 3 is 1.37 bits per heavy atom. The molecule has 0 heterocycles. The number of phosphoric ester groups is 1. The highest BCUT2D eigenvalue weighted by molar-refractivity contribution is 7.45. The van der Waals surface area contributed by atoms with Gasteiger partial charge in [-0.2, -0.15) is 0 Å². The van der Waals surface area contributed by atoms with Crippen LogP contribution in [0.4, 0.5) is 0 Å².